The Morgan fingerprint density at radius 2 is 2.29 bits per heavy atom. The van der Waals surface area contributed by atoms with Gasteiger partial charge in [0, 0.05) is 18.7 Å². The van der Waals surface area contributed by atoms with E-state index in [2.05, 4.69) is 5.10 Å². The normalized spacial score (nSPS) is 15.5. The van der Waals surface area contributed by atoms with Gasteiger partial charge in [-0.2, -0.15) is 5.10 Å². The van der Waals surface area contributed by atoms with Crippen molar-refractivity contribution in [3.8, 4) is 0 Å². The summed E-state index contributed by atoms with van der Waals surface area (Å²) in [6.45, 7) is 4.36. The molecule has 0 aliphatic carbocycles. The molecule has 0 radical (unpaired) electrons. The van der Waals surface area contributed by atoms with E-state index < -0.39 is 0 Å². The highest BCUT2D eigenvalue weighted by molar-refractivity contribution is 5.21. The fourth-order valence-electron chi connectivity index (χ4n) is 1.68. The Hall–Kier alpha value is -0.870. The molecule has 0 aliphatic rings. The van der Waals surface area contributed by atoms with Crippen molar-refractivity contribution in [2.75, 3.05) is 6.54 Å². The topological polar surface area (TPSA) is 64.1 Å². The van der Waals surface area contributed by atoms with Crippen molar-refractivity contribution >= 4 is 0 Å². The SMILES string of the molecule is Cc1c(C(CN)CC(C)O)cnn1C. The molecular formula is C10H19N3O. The summed E-state index contributed by atoms with van der Waals surface area (Å²) >= 11 is 0. The van der Waals surface area contributed by atoms with Crippen molar-refractivity contribution in [1.29, 1.82) is 0 Å². The Labute approximate surface area is 84.7 Å². The van der Waals surface area contributed by atoms with Gasteiger partial charge in [-0.25, -0.2) is 0 Å². The summed E-state index contributed by atoms with van der Waals surface area (Å²) in [5.41, 5.74) is 7.96. The average molecular weight is 197 g/mol. The van der Waals surface area contributed by atoms with Gasteiger partial charge in [0.25, 0.3) is 0 Å². The summed E-state index contributed by atoms with van der Waals surface area (Å²) in [5.74, 6) is 0.212. The van der Waals surface area contributed by atoms with Gasteiger partial charge < -0.3 is 10.8 Å². The maximum absolute atomic E-state index is 9.33. The molecule has 0 fully saturated rings. The van der Waals surface area contributed by atoms with Crippen LogP contribution in [-0.2, 0) is 7.05 Å². The Morgan fingerprint density at radius 3 is 2.64 bits per heavy atom. The molecule has 1 rings (SSSR count). The minimum atomic E-state index is -0.317. The lowest BCUT2D eigenvalue weighted by molar-refractivity contribution is 0.175. The van der Waals surface area contributed by atoms with E-state index in [1.165, 1.54) is 0 Å². The maximum atomic E-state index is 9.33. The molecule has 0 amide bonds. The van der Waals surface area contributed by atoms with Crippen LogP contribution in [0.4, 0.5) is 0 Å². The third-order valence-electron chi connectivity index (χ3n) is 2.62. The van der Waals surface area contributed by atoms with Crippen molar-refractivity contribution in [1.82, 2.24) is 9.78 Å². The molecule has 0 spiro atoms. The Balaban J connectivity index is 2.84. The second-order valence-electron chi connectivity index (χ2n) is 3.83. The Morgan fingerprint density at radius 1 is 1.64 bits per heavy atom. The first-order valence-electron chi connectivity index (χ1n) is 4.92. The van der Waals surface area contributed by atoms with E-state index in [0.29, 0.717) is 13.0 Å². The van der Waals surface area contributed by atoms with Gasteiger partial charge >= 0.3 is 0 Å². The van der Waals surface area contributed by atoms with Crippen LogP contribution in [0.15, 0.2) is 6.20 Å². The fraction of sp³-hybridized carbons (Fsp3) is 0.700. The van der Waals surface area contributed by atoms with Gasteiger partial charge in [0.15, 0.2) is 0 Å². The van der Waals surface area contributed by atoms with E-state index in [1.807, 2.05) is 24.9 Å². The number of aliphatic hydroxyl groups excluding tert-OH is 1. The minimum Gasteiger partial charge on any atom is -0.393 e. The van der Waals surface area contributed by atoms with Gasteiger partial charge in [0.1, 0.15) is 0 Å². The zero-order valence-electron chi connectivity index (χ0n) is 9.07. The summed E-state index contributed by atoms with van der Waals surface area (Å²) < 4.78 is 1.83. The van der Waals surface area contributed by atoms with Crippen LogP contribution in [0.2, 0.25) is 0 Å². The third kappa shape index (κ3) is 2.33. The summed E-state index contributed by atoms with van der Waals surface area (Å²) in [7, 11) is 1.91. The first kappa shape index (κ1) is 11.2. The minimum absolute atomic E-state index is 0.212. The Kier molecular flexibility index (Phi) is 3.66. The quantitative estimate of drug-likeness (QED) is 0.740. The number of hydrogen-bond acceptors (Lipinski definition) is 3. The second kappa shape index (κ2) is 4.57. The van der Waals surface area contributed by atoms with E-state index >= 15 is 0 Å². The molecule has 2 atom stereocenters. The molecule has 0 saturated heterocycles. The highest BCUT2D eigenvalue weighted by Gasteiger charge is 2.16. The van der Waals surface area contributed by atoms with E-state index in [0.717, 1.165) is 11.3 Å². The fourth-order valence-corrected chi connectivity index (χ4v) is 1.68. The average Bonchev–Trinajstić information content (AvgIpc) is 2.44. The van der Waals surface area contributed by atoms with Crippen LogP contribution in [-0.4, -0.2) is 27.5 Å². The van der Waals surface area contributed by atoms with Gasteiger partial charge in [0.05, 0.1) is 12.3 Å². The standard InChI is InChI=1S/C10H19N3O/c1-7(14)4-9(5-11)10-6-12-13(3)8(10)2/h6-7,9,14H,4-5,11H2,1-3H3. The van der Waals surface area contributed by atoms with Gasteiger partial charge in [0.2, 0.25) is 0 Å². The molecule has 3 N–H and O–H groups in total. The van der Waals surface area contributed by atoms with E-state index in [-0.39, 0.29) is 12.0 Å². The van der Waals surface area contributed by atoms with E-state index in [9.17, 15) is 5.11 Å². The number of aryl methyl sites for hydroxylation is 1. The van der Waals surface area contributed by atoms with Crippen LogP contribution in [0.5, 0.6) is 0 Å². The van der Waals surface area contributed by atoms with Crippen molar-refractivity contribution in [2.24, 2.45) is 12.8 Å². The van der Waals surface area contributed by atoms with Crippen molar-refractivity contribution in [3.63, 3.8) is 0 Å². The van der Waals surface area contributed by atoms with Crippen LogP contribution in [0.1, 0.15) is 30.5 Å². The molecule has 4 heteroatoms. The second-order valence-corrected chi connectivity index (χ2v) is 3.83. The van der Waals surface area contributed by atoms with Crippen molar-refractivity contribution in [2.45, 2.75) is 32.3 Å². The number of nitrogens with zero attached hydrogens (tertiary/aromatic N) is 2. The van der Waals surface area contributed by atoms with Gasteiger partial charge in [-0.05, 0) is 32.4 Å². The lowest BCUT2D eigenvalue weighted by Crippen LogP contribution is -2.18. The van der Waals surface area contributed by atoms with E-state index in [4.69, 9.17) is 5.73 Å². The highest BCUT2D eigenvalue weighted by atomic mass is 16.3. The predicted molar refractivity (Wildman–Crippen MR) is 56.0 cm³/mol. The molecule has 4 nitrogen and oxygen atoms in total. The molecule has 1 aromatic heterocycles. The van der Waals surface area contributed by atoms with Gasteiger partial charge in [-0.3, -0.25) is 4.68 Å². The molecule has 2 unspecified atom stereocenters. The molecule has 0 bridgehead atoms. The van der Waals surface area contributed by atoms with Crippen LogP contribution in [0, 0.1) is 6.92 Å². The lowest BCUT2D eigenvalue weighted by atomic mass is 9.94. The third-order valence-corrected chi connectivity index (χ3v) is 2.62. The number of rotatable bonds is 4. The molecule has 0 aliphatic heterocycles. The largest absolute Gasteiger partial charge is 0.393 e. The van der Waals surface area contributed by atoms with Crippen LogP contribution in [0.25, 0.3) is 0 Å². The summed E-state index contributed by atoms with van der Waals surface area (Å²) in [5, 5.41) is 13.5. The number of hydrogen-bond donors (Lipinski definition) is 2. The first-order valence-corrected chi connectivity index (χ1v) is 4.92. The van der Waals surface area contributed by atoms with Gasteiger partial charge in [-0.15, -0.1) is 0 Å². The van der Waals surface area contributed by atoms with Crippen molar-refractivity contribution < 1.29 is 5.11 Å². The Bertz CT molecular complexity index is 294. The highest BCUT2D eigenvalue weighted by Crippen LogP contribution is 2.22. The van der Waals surface area contributed by atoms with E-state index in [1.54, 1.807) is 6.92 Å². The lowest BCUT2D eigenvalue weighted by Gasteiger charge is -2.16. The molecule has 1 aromatic rings. The maximum Gasteiger partial charge on any atom is 0.0527 e. The molecular weight excluding hydrogens is 178 g/mol. The zero-order valence-corrected chi connectivity index (χ0v) is 9.07. The first-order chi connectivity index (χ1) is 6.56. The zero-order chi connectivity index (χ0) is 10.7. The smallest absolute Gasteiger partial charge is 0.0527 e. The van der Waals surface area contributed by atoms with Crippen LogP contribution in [0.3, 0.4) is 0 Å². The number of aromatic nitrogens is 2. The number of aliphatic hydroxyl groups is 1. The molecule has 1 heterocycles. The molecule has 14 heavy (non-hydrogen) atoms. The molecule has 80 valence electrons. The van der Waals surface area contributed by atoms with Crippen LogP contribution < -0.4 is 5.73 Å². The molecule has 0 saturated carbocycles. The van der Waals surface area contributed by atoms with Gasteiger partial charge in [-0.1, -0.05) is 0 Å². The molecule has 0 aromatic carbocycles. The summed E-state index contributed by atoms with van der Waals surface area (Å²) in [6, 6.07) is 0. The van der Waals surface area contributed by atoms with Crippen molar-refractivity contribution in [3.05, 3.63) is 17.5 Å². The summed E-state index contributed by atoms with van der Waals surface area (Å²) in [6.07, 6.45) is 2.22. The summed E-state index contributed by atoms with van der Waals surface area (Å²) in [4.78, 5) is 0. The monoisotopic (exact) mass is 197 g/mol. The van der Waals surface area contributed by atoms with Crippen LogP contribution >= 0.6 is 0 Å². The number of nitrogens with two attached hydrogens (primary N) is 1. The predicted octanol–water partition coefficient (Wildman–Crippen LogP) is 0.542.